The molecule has 57 valence electrons. The summed E-state index contributed by atoms with van der Waals surface area (Å²) in [5.41, 5.74) is 0. The molecule has 19 heteroatoms. The molecule has 21 radical (unpaired) electrons. The first kappa shape index (κ1) is 20.2. The SMILES string of the molecule is [B][B][B][B][B][B][B][B][B][B][B][B][B][B][B][B][B][B][B]. The monoisotopic (exact) mass is 209 g/mol. The zero-order valence-electron chi connectivity index (χ0n) is 11.0. The Labute approximate surface area is 135 Å². The molecular formula is B19. The van der Waals surface area contributed by atoms with Gasteiger partial charge in [-0.2, -0.15) is 0 Å². The molecule has 0 nitrogen and oxygen atoms in total. The second-order valence-corrected chi connectivity index (χ2v) is 3.27. The van der Waals surface area contributed by atoms with Crippen LogP contribution in [0.25, 0.3) is 0 Å². The van der Waals surface area contributed by atoms with E-state index >= 15 is 0 Å². The van der Waals surface area contributed by atoms with Gasteiger partial charge in [-0.05, 0) is 0 Å². The molecule has 0 aromatic heterocycles. The third-order valence-corrected chi connectivity index (χ3v) is 1.78. The zero-order valence-corrected chi connectivity index (χ0v) is 11.0. The topological polar surface area (TPSA) is 0 Å². The molecule has 0 aliphatic rings. The van der Waals surface area contributed by atoms with Crippen molar-refractivity contribution in [1.29, 1.82) is 0 Å². The first-order valence-electron chi connectivity index (χ1n) is 6.00. The molecule has 19 heavy (non-hydrogen) atoms. The Morgan fingerprint density at radius 3 is 0.579 bits per heavy atom. The lowest BCUT2D eigenvalue weighted by Crippen LogP contribution is -2.36. The maximum Gasteiger partial charge on any atom is 0 e. The lowest BCUT2D eigenvalue weighted by molar-refractivity contribution is 3.78. The van der Waals surface area contributed by atoms with Crippen LogP contribution in [0.2, 0.25) is 0 Å². The van der Waals surface area contributed by atoms with Crippen LogP contribution in [0.1, 0.15) is 0 Å². The van der Waals surface area contributed by atoms with Crippen molar-refractivity contribution < 1.29 is 0 Å². The Morgan fingerprint density at radius 1 is 0.263 bits per heavy atom. The van der Waals surface area contributed by atoms with Gasteiger partial charge in [0.25, 0.3) is 0 Å². The van der Waals surface area contributed by atoms with Crippen LogP contribution in [0.5, 0.6) is 0 Å². The van der Waals surface area contributed by atoms with E-state index in [1.165, 1.54) is 14.1 Å². The third-order valence-electron chi connectivity index (χ3n) is 1.78. The molecule has 0 spiro atoms. The fraction of sp³-hybridized carbons (Fsp3) is 0. The first-order chi connectivity index (χ1) is 9.41. The highest BCUT2D eigenvalue weighted by molar-refractivity contribution is 7.74. The number of hydrogen-bond donors (Lipinski definition) is 0. The summed E-state index contributed by atoms with van der Waals surface area (Å²) in [6.07, 6.45) is 0. The highest BCUT2D eigenvalue weighted by Crippen LogP contribution is 1.61. The summed E-state index contributed by atoms with van der Waals surface area (Å²) in [5, 5.41) is 0. The van der Waals surface area contributed by atoms with Gasteiger partial charge < -0.3 is 0 Å². The molecule has 0 unspecified atom stereocenters. The van der Waals surface area contributed by atoms with Gasteiger partial charge in [0.05, 0.1) is 0 Å². The summed E-state index contributed by atoms with van der Waals surface area (Å²) in [5.74, 6) is 0. The van der Waals surface area contributed by atoms with Crippen LogP contribution in [0.15, 0.2) is 0 Å². The van der Waals surface area contributed by atoms with Crippen LogP contribution >= 0.6 is 0 Å². The minimum atomic E-state index is 1.49. The van der Waals surface area contributed by atoms with Crippen LogP contribution < -0.4 is 0 Å². The molecule has 0 saturated carbocycles. The third kappa shape index (κ3) is 19.2. The van der Waals surface area contributed by atoms with Crippen LogP contribution in [-0.2, 0) is 0 Å². The quantitative estimate of drug-likeness (QED) is 0.174. The Hall–Kier alpha value is 1.23. The molecule has 0 heterocycles. The van der Waals surface area contributed by atoms with Crippen LogP contribution in [0.3, 0.4) is 0 Å². The predicted molar refractivity (Wildman–Crippen MR) is 109 cm³/mol. The highest BCUT2D eigenvalue weighted by Gasteiger charge is 1.99. The zero-order chi connectivity index (χ0) is 14.0. The fourth-order valence-corrected chi connectivity index (χ4v) is 0.962. The van der Waals surface area contributed by atoms with Gasteiger partial charge in [0.2, 0.25) is 0 Å². The summed E-state index contributed by atoms with van der Waals surface area (Å²) >= 11 is 0. The van der Waals surface area contributed by atoms with Crippen molar-refractivity contribution in [1.82, 2.24) is 0 Å². The summed E-state index contributed by atoms with van der Waals surface area (Å²) in [6, 6.07) is 0. The molecule has 0 bridgehead atoms. The molecule has 0 aliphatic heterocycles. The van der Waals surface area contributed by atoms with Gasteiger partial charge in [0.1, 0.15) is 0 Å². The molecule has 0 aliphatic carbocycles. The molecule has 0 aromatic rings. The van der Waals surface area contributed by atoms with Gasteiger partial charge in [-0.25, -0.2) is 0 Å². The van der Waals surface area contributed by atoms with Crippen molar-refractivity contribution in [2.45, 2.75) is 0 Å². The molecule has 0 atom stereocenters. The molecule has 0 fully saturated rings. The van der Waals surface area contributed by atoms with E-state index in [9.17, 15) is 0 Å². The van der Waals surface area contributed by atoms with Crippen molar-refractivity contribution >= 4 is 136 Å². The van der Waals surface area contributed by atoms with E-state index in [2.05, 4.69) is 0 Å². The van der Waals surface area contributed by atoms with Crippen molar-refractivity contribution in [2.75, 3.05) is 0 Å². The van der Waals surface area contributed by atoms with Gasteiger partial charge in [-0.1, -0.05) is 0 Å². The van der Waals surface area contributed by atoms with Crippen molar-refractivity contribution in [3.8, 4) is 0 Å². The maximum absolute atomic E-state index is 5.18. The molecule has 0 rings (SSSR count). The van der Waals surface area contributed by atoms with Gasteiger partial charge in [0.15, 0.2) is 0 Å². The summed E-state index contributed by atoms with van der Waals surface area (Å²) in [7, 11) is 42.0. The van der Waals surface area contributed by atoms with Crippen molar-refractivity contribution in [3.05, 3.63) is 0 Å². The summed E-state index contributed by atoms with van der Waals surface area (Å²) in [6.45, 7) is 0. The molecule has 0 aromatic carbocycles. The van der Waals surface area contributed by atoms with E-state index in [4.69, 9.17) is 15.5 Å². The van der Waals surface area contributed by atoms with Crippen LogP contribution in [0, 0.1) is 0 Å². The summed E-state index contributed by atoms with van der Waals surface area (Å²) in [4.78, 5) is 0. The maximum atomic E-state index is 5.18. The van der Waals surface area contributed by atoms with Crippen molar-refractivity contribution in [3.63, 3.8) is 0 Å². The van der Waals surface area contributed by atoms with E-state index in [0.29, 0.717) is 0 Å². The van der Waals surface area contributed by atoms with Crippen LogP contribution in [0.4, 0.5) is 0 Å². The fourth-order valence-electron chi connectivity index (χ4n) is 0.962. The lowest BCUT2D eigenvalue weighted by Gasteiger charge is -1.97. The minimum absolute atomic E-state index is 1.49. The average Bonchev–Trinajstić information content (AvgIpc) is 2.43. The van der Waals surface area contributed by atoms with Gasteiger partial charge >= 0.3 is 0 Å². The lowest BCUT2D eigenvalue weighted by atomic mass is 8.84. The smallest absolute Gasteiger partial charge is 0 e. The normalized spacial score (nSPS) is 7.37. The van der Waals surface area contributed by atoms with E-state index in [1.807, 2.05) is 91.8 Å². The second-order valence-electron chi connectivity index (χ2n) is 3.27. The molecule has 0 saturated heterocycles. The standard InChI is InChI=1S/B19/c1-3-5-7-9-11-13-15-17-19-18-16-14-12-10-8-6-4-2. The first-order valence-corrected chi connectivity index (χ1v) is 6.00. The van der Waals surface area contributed by atoms with E-state index in [1.54, 1.807) is 14.1 Å². The Morgan fingerprint density at radius 2 is 0.421 bits per heavy atom. The second kappa shape index (κ2) is 19.2. The van der Waals surface area contributed by atoms with E-state index in [0.717, 1.165) is 0 Å². The Bertz CT molecular complexity index is 123. The largest absolute Gasteiger partial charge is 0 e. The number of rotatable bonds is 16. The summed E-state index contributed by atoms with van der Waals surface area (Å²) < 4.78 is 0. The van der Waals surface area contributed by atoms with Gasteiger partial charge in [0, 0.05) is 136 Å². The molecule has 0 amide bonds. The van der Waals surface area contributed by atoms with E-state index < -0.39 is 0 Å². The van der Waals surface area contributed by atoms with Crippen molar-refractivity contribution in [2.24, 2.45) is 0 Å². The number of hydrogen-bond acceptors (Lipinski definition) is 0. The highest BCUT2D eigenvalue weighted by atomic mass is 12.8. The minimum Gasteiger partial charge on any atom is 0 e. The van der Waals surface area contributed by atoms with Crippen LogP contribution in [-0.4, -0.2) is 136 Å². The molecular weight excluding hydrogens is 205 g/mol. The van der Waals surface area contributed by atoms with Gasteiger partial charge in [-0.15, -0.1) is 0 Å². The molecule has 0 N–H and O–H groups in total. The predicted octanol–water partition coefficient (Wildman–Crippen LogP) is -7.24. The Kier molecular flexibility index (Phi) is 20.5. The Balaban J connectivity index is 2.88. The van der Waals surface area contributed by atoms with Gasteiger partial charge in [-0.3, -0.25) is 0 Å². The average molecular weight is 205 g/mol. The van der Waals surface area contributed by atoms with E-state index in [-0.39, 0.29) is 0 Å².